The van der Waals surface area contributed by atoms with Crippen LogP contribution in [-0.2, 0) is 23.9 Å². The number of allylic oxidation sites excluding steroid dienone is 1. The van der Waals surface area contributed by atoms with E-state index < -0.39 is 51.0 Å². The van der Waals surface area contributed by atoms with E-state index in [4.69, 9.17) is 10.8 Å². The topological polar surface area (TPSA) is 127 Å². The Labute approximate surface area is 116 Å². The minimum Gasteiger partial charge on any atom is -0.476 e. The Kier molecular flexibility index (Phi) is 3.40. The summed E-state index contributed by atoms with van der Waals surface area (Å²) >= 11 is 0. The van der Waals surface area contributed by atoms with Crippen molar-refractivity contribution in [1.29, 1.82) is 0 Å². The maximum Gasteiger partial charge on any atom is 0.534 e. The number of halogens is 3. The Hall–Kier alpha value is -1.82. The summed E-state index contributed by atoms with van der Waals surface area (Å²) in [5, 5.41) is 8.99. The van der Waals surface area contributed by atoms with Crippen LogP contribution < -0.4 is 5.73 Å². The van der Waals surface area contributed by atoms with Crippen molar-refractivity contribution in [1.82, 2.24) is 4.90 Å². The minimum absolute atomic E-state index is 0.00635. The number of alkyl halides is 3. The average molecular weight is 330 g/mol. The maximum atomic E-state index is 12.3. The van der Waals surface area contributed by atoms with Crippen LogP contribution in [0.4, 0.5) is 13.2 Å². The molecular weight excluding hydrogens is 321 g/mol. The second-order valence-corrected chi connectivity index (χ2v) is 5.94. The summed E-state index contributed by atoms with van der Waals surface area (Å²) in [7, 11) is -6.00. The summed E-state index contributed by atoms with van der Waals surface area (Å²) < 4.78 is 62.5. The van der Waals surface area contributed by atoms with E-state index in [9.17, 15) is 31.2 Å². The number of fused-ring (bicyclic) bond motifs is 1. The normalized spacial score (nSPS) is 26.3. The molecule has 0 aromatic rings. The minimum atomic E-state index is -6.00. The molecule has 1 amide bonds. The van der Waals surface area contributed by atoms with E-state index in [1.807, 2.05) is 0 Å². The Morgan fingerprint density at radius 2 is 2.00 bits per heavy atom. The average Bonchev–Trinajstić information content (AvgIpc) is 2.35. The number of carbonyl (C=O) groups is 2. The summed E-state index contributed by atoms with van der Waals surface area (Å²) in [5.41, 5.74) is -1.19. The first kappa shape index (κ1) is 15.6. The number of carbonyl (C=O) groups excluding carboxylic acids is 1. The van der Waals surface area contributed by atoms with Gasteiger partial charge in [0.1, 0.15) is 6.04 Å². The molecule has 1 fully saturated rings. The van der Waals surface area contributed by atoms with Crippen LogP contribution >= 0.6 is 0 Å². The molecule has 2 heterocycles. The van der Waals surface area contributed by atoms with Gasteiger partial charge in [0, 0.05) is 6.42 Å². The summed E-state index contributed by atoms with van der Waals surface area (Å²) in [5.74, 6) is -3.52. The summed E-state index contributed by atoms with van der Waals surface area (Å²) in [6, 6.07) is -1.65. The molecule has 12 heteroatoms. The lowest BCUT2D eigenvalue weighted by Crippen LogP contribution is -2.69. The van der Waals surface area contributed by atoms with Crippen molar-refractivity contribution in [3.8, 4) is 0 Å². The van der Waals surface area contributed by atoms with E-state index in [1.54, 1.807) is 0 Å². The summed E-state index contributed by atoms with van der Waals surface area (Å²) in [4.78, 5) is 23.2. The van der Waals surface area contributed by atoms with Gasteiger partial charge in [-0.2, -0.15) is 21.6 Å². The first-order valence-corrected chi connectivity index (χ1v) is 6.94. The molecule has 118 valence electrons. The fourth-order valence-electron chi connectivity index (χ4n) is 2.17. The molecule has 3 N–H and O–H groups in total. The molecule has 2 atom stereocenters. The SMILES string of the molecule is NC1C(=O)N2C(C(=O)O)=C(OS(=O)(=O)C(F)(F)F)CC[C@@H]12. The first-order valence-electron chi connectivity index (χ1n) is 5.53. The van der Waals surface area contributed by atoms with Crippen molar-refractivity contribution in [2.45, 2.75) is 30.4 Å². The van der Waals surface area contributed by atoms with Crippen LogP contribution in [0.25, 0.3) is 0 Å². The molecular formula is C9H9F3N2O6S. The quantitative estimate of drug-likeness (QED) is 0.405. The highest BCUT2D eigenvalue weighted by Crippen LogP contribution is 2.38. The van der Waals surface area contributed by atoms with Crippen molar-refractivity contribution in [2.75, 3.05) is 0 Å². The molecule has 0 saturated carbocycles. The third-order valence-corrected chi connectivity index (χ3v) is 4.12. The Bertz CT molecular complexity index is 640. The van der Waals surface area contributed by atoms with Crippen LogP contribution in [-0.4, -0.2) is 47.9 Å². The van der Waals surface area contributed by atoms with Gasteiger partial charge in [-0.3, -0.25) is 9.69 Å². The van der Waals surface area contributed by atoms with Crippen molar-refractivity contribution in [3.63, 3.8) is 0 Å². The molecule has 8 nitrogen and oxygen atoms in total. The number of rotatable bonds is 3. The second kappa shape index (κ2) is 4.59. The van der Waals surface area contributed by atoms with Crippen LogP contribution in [0.1, 0.15) is 12.8 Å². The van der Waals surface area contributed by atoms with Crippen molar-refractivity contribution in [2.24, 2.45) is 5.73 Å². The number of amides is 1. The molecule has 0 bridgehead atoms. The van der Waals surface area contributed by atoms with E-state index in [0.717, 1.165) is 0 Å². The number of hydrogen-bond donors (Lipinski definition) is 2. The van der Waals surface area contributed by atoms with Gasteiger partial charge in [-0.25, -0.2) is 4.79 Å². The molecule has 0 spiro atoms. The van der Waals surface area contributed by atoms with E-state index >= 15 is 0 Å². The molecule has 21 heavy (non-hydrogen) atoms. The number of nitrogens with zero attached hydrogens (tertiary/aromatic N) is 1. The van der Waals surface area contributed by atoms with Gasteiger partial charge >= 0.3 is 21.6 Å². The molecule has 1 saturated heterocycles. The van der Waals surface area contributed by atoms with Crippen LogP contribution in [0.15, 0.2) is 11.5 Å². The van der Waals surface area contributed by atoms with Gasteiger partial charge in [0.2, 0.25) is 5.91 Å². The smallest absolute Gasteiger partial charge is 0.476 e. The predicted octanol–water partition coefficient (Wildman–Crippen LogP) is -0.519. The number of β-lactam (4-membered cyclic amide) rings is 1. The zero-order valence-electron chi connectivity index (χ0n) is 10.1. The van der Waals surface area contributed by atoms with Crippen molar-refractivity contribution < 1.29 is 40.5 Å². The van der Waals surface area contributed by atoms with E-state index in [-0.39, 0.29) is 12.8 Å². The highest BCUT2D eigenvalue weighted by Gasteiger charge is 2.54. The maximum absolute atomic E-state index is 12.3. The largest absolute Gasteiger partial charge is 0.534 e. The highest BCUT2D eigenvalue weighted by atomic mass is 32.2. The summed E-state index contributed by atoms with van der Waals surface area (Å²) in [6.45, 7) is 0. The monoisotopic (exact) mass is 330 g/mol. The molecule has 1 unspecified atom stereocenters. The van der Waals surface area contributed by atoms with Crippen LogP contribution in [0.5, 0.6) is 0 Å². The van der Waals surface area contributed by atoms with Gasteiger partial charge in [-0.1, -0.05) is 0 Å². The molecule has 0 radical (unpaired) electrons. The fraction of sp³-hybridized carbons (Fsp3) is 0.556. The molecule has 0 aromatic heterocycles. The van der Waals surface area contributed by atoms with E-state index in [0.29, 0.717) is 4.90 Å². The van der Waals surface area contributed by atoms with Gasteiger partial charge in [0.25, 0.3) is 0 Å². The number of carboxylic acid groups (broad SMARTS) is 1. The van der Waals surface area contributed by atoms with Crippen molar-refractivity contribution >= 4 is 22.0 Å². The lowest BCUT2D eigenvalue weighted by molar-refractivity contribution is -0.153. The zero-order valence-corrected chi connectivity index (χ0v) is 10.9. The number of carboxylic acids is 1. The highest BCUT2D eigenvalue weighted by molar-refractivity contribution is 7.87. The predicted molar refractivity (Wildman–Crippen MR) is 58.6 cm³/mol. The molecule has 2 rings (SSSR count). The van der Waals surface area contributed by atoms with Gasteiger partial charge in [-0.05, 0) is 6.42 Å². The standard InChI is InChI=1S/C9H9F3N2O6S/c10-9(11,12)21(18,19)20-4-2-1-3-5(13)7(15)14(3)6(4)8(16)17/h3,5H,1-2,13H2,(H,16,17)/t3-,5?/m0/s1. The van der Waals surface area contributed by atoms with Crippen LogP contribution in [0.2, 0.25) is 0 Å². The third-order valence-electron chi connectivity index (χ3n) is 3.14. The van der Waals surface area contributed by atoms with Crippen LogP contribution in [0.3, 0.4) is 0 Å². The van der Waals surface area contributed by atoms with Gasteiger partial charge in [0.05, 0.1) is 6.04 Å². The van der Waals surface area contributed by atoms with Gasteiger partial charge in [-0.15, -0.1) is 0 Å². The Morgan fingerprint density at radius 1 is 1.43 bits per heavy atom. The lowest BCUT2D eigenvalue weighted by atomic mass is 9.86. The summed E-state index contributed by atoms with van der Waals surface area (Å²) in [6.07, 6.45) is -0.383. The van der Waals surface area contributed by atoms with Crippen LogP contribution in [0, 0.1) is 0 Å². The van der Waals surface area contributed by atoms with Crippen molar-refractivity contribution in [3.05, 3.63) is 11.5 Å². The Balaban J connectivity index is 2.41. The number of hydrogen-bond acceptors (Lipinski definition) is 6. The zero-order chi connectivity index (χ0) is 16.2. The third kappa shape index (κ3) is 2.33. The molecule has 0 aliphatic carbocycles. The number of aliphatic carboxylic acids is 1. The Morgan fingerprint density at radius 3 is 2.48 bits per heavy atom. The lowest BCUT2D eigenvalue weighted by Gasteiger charge is -2.48. The van der Waals surface area contributed by atoms with Gasteiger partial charge in [0.15, 0.2) is 11.5 Å². The molecule has 2 aliphatic heterocycles. The molecule has 0 aromatic carbocycles. The molecule has 2 aliphatic rings. The second-order valence-electron chi connectivity index (χ2n) is 4.40. The first-order chi connectivity index (χ1) is 9.47. The van der Waals surface area contributed by atoms with Gasteiger partial charge < -0.3 is 15.0 Å². The van der Waals surface area contributed by atoms with E-state index in [2.05, 4.69) is 4.18 Å². The van der Waals surface area contributed by atoms with E-state index in [1.165, 1.54) is 0 Å². The fourth-order valence-corrected chi connectivity index (χ4v) is 2.69. The number of nitrogens with two attached hydrogens (primary N) is 1.